The maximum atomic E-state index is 12.5. The largest absolute Gasteiger partial charge is 0.372 e. The molecule has 7 heteroatoms. The molecule has 0 spiro atoms. The third-order valence-electron chi connectivity index (χ3n) is 3.31. The van der Waals surface area contributed by atoms with Gasteiger partial charge in [-0.2, -0.15) is 14.5 Å². The smallest absolute Gasteiger partial charge is 0.243 e. The van der Waals surface area contributed by atoms with E-state index in [-0.39, 0.29) is 6.03 Å². The number of benzene rings is 1. The normalized spacial score (nSPS) is 11.1. The lowest BCUT2D eigenvalue weighted by atomic mass is 10.1. The minimum Gasteiger partial charge on any atom is -0.243 e. The topological polar surface area (TPSA) is 78.5 Å². The molecule has 2 aromatic heterocycles. The molecule has 7 nitrogen and oxygen atoms in total. The van der Waals surface area contributed by atoms with Gasteiger partial charge in [-0.1, -0.05) is 44.2 Å². The summed E-state index contributed by atoms with van der Waals surface area (Å²) in [6.45, 7) is 4.16. The molecule has 0 atom stereocenters. The number of rotatable bonds is 4. The Balaban J connectivity index is 1.92. The van der Waals surface area contributed by atoms with Crippen LogP contribution in [0.3, 0.4) is 0 Å². The Morgan fingerprint density at radius 3 is 2.65 bits per heavy atom. The third-order valence-corrected chi connectivity index (χ3v) is 3.31. The fourth-order valence-electron chi connectivity index (χ4n) is 2.30. The quantitative estimate of drug-likeness (QED) is 0.738. The molecule has 118 valence electrons. The van der Waals surface area contributed by atoms with Gasteiger partial charge in [0.2, 0.25) is 0 Å². The lowest BCUT2D eigenvalue weighted by Gasteiger charge is -2.05. The summed E-state index contributed by atoms with van der Waals surface area (Å²) < 4.78 is 2.48. The fourth-order valence-corrected chi connectivity index (χ4v) is 2.30. The lowest BCUT2D eigenvalue weighted by molar-refractivity contribution is 0.237. The number of nitrogens with zero attached hydrogens (tertiary/aromatic N) is 6. The molecular weight excluding hydrogens is 292 g/mol. The van der Waals surface area contributed by atoms with Crippen molar-refractivity contribution in [3.05, 3.63) is 60.2 Å². The van der Waals surface area contributed by atoms with Crippen LogP contribution in [0.25, 0.3) is 0 Å². The summed E-state index contributed by atoms with van der Waals surface area (Å²) in [5.41, 5.74) is 1.11. The molecule has 0 aliphatic rings. The summed E-state index contributed by atoms with van der Waals surface area (Å²) in [5, 5.41) is 8.26. The van der Waals surface area contributed by atoms with Crippen molar-refractivity contribution in [2.75, 3.05) is 0 Å². The molecule has 0 bridgehead atoms. The predicted octanol–water partition coefficient (Wildman–Crippen LogP) is 2.18. The zero-order chi connectivity index (χ0) is 16.2. The highest BCUT2D eigenvalue weighted by molar-refractivity contribution is 5.77. The number of carbonyl (C=O) groups excluding carboxylic acids is 1. The number of aromatic nitrogens is 6. The van der Waals surface area contributed by atoms with Crippen molar-refractivity contribution in [2.45, 2.75) is 26.7 Å². The second kappa shape index (κ2) is 6.51. The van der Waals surface area contributed by atoms with Crippen molar-refractivity contribution >= 4 is 6.03 Å². The highest BCUT2D eigenvalue weighted by Crippen LogP contribution is 2.11. The average molecular weight is 310 g/mol. The minimum absolute atomic E-state index is 0.367. The number of carbonyl (C=O) groups is 1. The fraction of sp³-hybridized carbons (Fsp3) is 0.312. The van der Waals surface area contributed by atoms with Gasteiger partial charge < -0.3 is 0 Å². The molecule has 23 heavy (non-hydrogen) atoms. The first-order valence-electron chi connectivity index (χ1n) is 7.51. The Bertz CT molecular complexity index is 776. The van der Waals surface area contributed by atoms with E-state index in [1.165, 1.54) is 17.3 Å². The molecule has 2 heterocycles. The average Bonchev–Trinajstić information content (AvgIpc) is 3.17. The highest BCUT2D eigenvalue weighted by atomic mass is 16.2. The SMILES string of the molecule is CC(C)Cc1nc(Cc2ccccc2)nn1C(=O)n1cncn1. The van der Waals surface area contributed by atoms with Crippen LogP contribution in [0.5, 0.6) is 0 Å². The molecule has 1 aromatic carbocycles. The van der Waals surface area contributed by atoms with Gasteiger partial charge in [0.15, 0.2) is 5.82 Å². The maximum absolute atomic E-state index is 12.5. The summed E-state index contributed by atoms with van der Waals surface area (Å²) >= 11 is 0. The zero-order valence-electron chi connectivity index (χ0n) is 13.1. The Morgan fingerprint density at radius 1 is 1.22 bits per heavy atom. The van der Waals surface area contributed by atoms with Gasteiger partial charge in [0.25, 0.3) is 0 Å². The standard InChI is InChI=1S/C16H18N6O/c1-12(2)8-15-19-14(9-13-6-4-3-5-7-13)20-22(15)16(23)21-11-17-10-18-21/h3-7,10-12H,8-9H2,1-2H3. The van der Waals surface area contributed by atoms with Crippen molar-refractivity contribution < 1.29 is 4.79 Å². The molecule has 0 radical (unpaired) electrons. The van der Waals surface area contributed by atoms with Gasteiger partial charge in [0.1, 0.15) is 18.5 Å². The molecule has 0 fully saturated rings. The third kappa shape index (κ3) is 3.50. The van der Waals surface area contributed by atoms with Gasteiger partial charge >= 0.3 is 6.03 Å². The summed E-state index contributed by atoms with van der Waals surface area (Å²) in [7, 11) is 0. The summed E-state index contributed by atoms with van der Waals surface area (Å²) in [5.74, 6) is 1.64. The van der Waals surface area contributed by atoms with Crippen LogP contribution in [0, 0.1) is 5.92 Å². The van der Waals surface area contributed by atoms with Crippen LogP contribution in [-0.4, -0.2) is 35.6 Å². The molecule has 3 rings (SSSR count). The van der Waals surface area contributed by atoms with Crippen molar-refractivity contribution in [1.29, 1.82) is 0 Å². The van der Waals surface area contributed by atoms with E-state index in [0.717, 1.165) is 10.2 Å². The first-order chi connectivity index (χ1) is 11.1. The molecule has 0 unspecified atom stereocenters. The Hall–Kier alpha value is -2.83. The molecule has 3 aromatic rings. The second-order valence-corrected chi connectivity index (χ2v) is 5.74. The van der Waals surface area contributed by atoms with Crippen LogP contribution in [-0.2, 0) is 12.8 Å². The van der Waals surface area contributed by atoms with Crippen LogP contribution in [0.4, 0.5) is 4.79 Å². The van der Waals surface area contributed by atoms with Crippen LogP contribution in [0.2, 0.25) is 0 Å². The van der Waals surface area contributed by atoms with Gasteiger partial charge in [0, 0.05) is 12.8 Å². The van der Waals surface area contributed by atoms with Crippen molar-refractivity contribution in [1.82, 2.24) is 29.5 Å². The predicted molar refractivity (Wildman–Crippen MR) is 84.0 cm³/mol. The Labute approximate surface area is 134 Å². The first-order valence-corrected chi connectivity index (χ1v) is 7.51. The zero-order valence-corrected chi connectivity index (χ0v) is 13.1. The van der Waals surface area contributed by atoms with Gasteiger partial charge in [0.05, 0.1) is 0 Å². The van der Waals surface area contributed by atoms with E-state index in [0.29, 0.717) is 30.4 Å². The van der Waals surface area contributed by atoms with Gasteiger partial charge in [-0.25, -0.2) is 14.8 Å². The minimum atomic E-state index is -0.370. The molecule has 0 amide bonds. The molecule has 0 N–H and O–H groups in total. The second-order valence-electron chi connectivity index (χ2n) is 5.74. The summed E-state index contributed by atoms with van der Waals surface area (Å²) in [6, 6.07) is 9.58. The molecule has 0 aliphatic heterocycles. The van der Waals surface area contributed by atoms with Crippen LogP contribution in [0.15, 0.2) is 43.0 Å². The summed E-state index contributed by atoms with van der Waals surface area (Å²) in [6.07, 6.45) is 3.94. The monoisotopic (exact) mass is 310 g/mol. The van der Waals surface area contributed by atoms with Gasteiger partial charge in [-0.3, -0.25) is 0 Å². The number of hydrogen-bond donors (Lipinski definition) is 0. The highest BCUT2D eigenvalue weighted by Gasteiger charge is 2.19. The first kappa shape index (κ1) is 15.1. The van der Waals surface area contributed by atoms with Crippen LogP contribution in [0.1, 0.15) is 31.1 Å². The van der Waals surface area contributed by atoms with Crippen molar-refractivity contribution in [3.8, 4) is 0 Å². The Morgan fingerprint density at radius 2 is 2.00 bits per heavy atom. The van der Waals surface area contributed by atoms with Crippen molar-refractivity contribution in [3.63, 3.8) is 0 Å². The van der Waals surface area contributed by atoms with E-state index in [1.54, 1.807) is 0 Å². The molecule has 0 saturated carbocycles. The maximum Gasteiger partial charge on any atom is 0.372 e. The van der Waals surface area contributed by atoms with E-state index in [1.807, 2.05) is 30.3 Å². The van der Waals surface area contributed by atoms with E-state index in [4.69, 9.17) is 0 Å². The van der Waals surface area contributed by atoms with Crippen molar-refractivity contribution in [2.24, 2.45) is 5.92 Å². The van der Waals surface area contributed by atoms with E-state index >= 15 is 0 Å². The van der Waals surface area contributed by atoms with E-state index < -0.39 is 0 Å². The Kier molecular flexibility index (Phi) is 4.27. The molecular formula is C16H18N6O. The molecule has 0 aliphatic carbocycles. The van der Waals surface area contributed by atoms with Crippen LogP contribution >= 0.6 is 0 Å². The number of hydrogen-bond acceptors (Lipinski definition) is 5. The van der Waals surface area contributed by atoms with Crippen LogP contribution < -0.4 is 0 Å². The van der Waals surface area contributed by atoms with Gasteiger partial charge in [-0.15, -0.1) is 5.10 Å². The molecule has 0 saturated heterocycles. The van der Waals surface area contributed by atoms with E-state index in [2.05, 4.69) is 34.0 Å². The lowest BCUT2D eigenvalue weighted by Crippen LogP contribution is -2.24. The van der Waals surface area contributed by atoms with E-state index in [9.17, 15) is 4.79 Å². The summed E-state index contributed by atoms with van der Waals surface area (Å²) in [4.78, 5) is 20.8. The van der Waals surface area contributed by atoms with Gasteiger partial charge in [-0.05, 0) is 11.5 Å².